The van der Waals surface area contributed by atoms with Gasteiger partial charge in [-0.25, -0.2) is 9.98 Å². The molecule has 0 spiro atoms. The van der Waals surface area contributed by atoms with Crippen molar-refractivity contribution in [1.82, 2.24) is 18.9 Å². The molecule has 2 saturated heterocycles. The van der Waals surface area contributed by atoms with Crippen LogP contribution in [-0.4, -0.2) is 89.7 Å². The Bertz CT molecular complexity index is 2140. The van der Waals surface area contributed by atoms with Gasteiger partial charge in [0.2, 0.25) is 0 Å². The minimum Gasteiger partial charge on any atom is -0.472 e. The molecule has 0 amide bonds. The summed E-state index contributed by atoms with van der Waals surface area (Å²) in [6.07, 6.45) is 11.3. The van der Waals surface area contributed by atoms with Crippen molar-refractivity contribution in [1.29, 1.82) is 0 Å². The fourth-order valence-corrected chi connectivity index (χ4v) is 7.34. The molecule has 12 nitrogen and oxygen atoms in total. The molecule has 0 radical (unpaired) electrons. The Morgan fingerprint density at radius 1 is 0.750 bits per heavy atom. The largest absolute Gasteiger partial charge is 0.472 e. The molecule has 1 unspecified atom stereocenters. The van der Waals surface area contributed by atoms with E-state index in [-0.39, 0.29) is 6.10 Å². The van der Waals surface area contributed by atoms with Gasteiger partial charge >= 0.3 is 0 Å². The molecule has 2 aliphatic rings. The number of nitrogens with zero attached hydrogens (tertiary/aromatic N) is 6. The predicted octanol–water partition coefficient (Wildman–Crippen LogP) is 6.04. The van der Waals surface area contributed by atoms with E-state index < -0.39 is 0 Å². The number of morpholine rings is 2. The second-order valence-electron chi connectivity index (χ2n) is 13.5. The highest BCUT2D eigenvalue weighted by Gasteiger charge is 2.25. The number of amidine groups is 2. The Kier molecular flexibility index (Phi) is 10.2. The van der Waals surface area contributed by atoms with E-state index in [4.69, 9.17) is 34.8 Å². The molecule has 2 aliphatic heterocycles. The molecule has 6 aromatic rings. The molecule has 4 N–H and O–H groups in total. The van der Waals surface area contributed by atoms with Crippen LogP contribution in [0.5, 0.6) is 0 Å². The van der Waals surface area contributed by atoms with Crippen molar-refractivity contribution in [2.24, 2.45) is 21.5 Å². The predicted molar refractivity (Wildman–Crippen MR) is 204 cm³/mol. The number of fused-ring (bicyclic) bond motifs is 2. The van der Waals surface area contributed by atoms with E-state index in [0.717, 1.165) is 106 Å². The van der Waals surface area contributed by atoms with Crippen molar-refractivity contribution in [2.45, 2.75) is 32.0 Å². The van der Waals surface area contributed by atoms with Crippen LogP contribution in [0.4, 0.5) is 11.4 Å². The summed E-state index contributed by atoms with van der Waals surface area (Å²) in [6, 6.07) is 20.1. The standard InChI is InChI=1S/C40H46N8O4/c41-39(30-10-20-50-28-30)43-32-7-8-33-34(26-48(36(33)25-32)14-2-11-45-16-21-49-22-17-45)38-27-46(18-23-52-38)12-3-13-47-15-9-29-5-6-31(24-35(29)47)44-40(42)37-4-1-19-51-37/h1,4-10,15,19-20,24-26,28,38H,2-3,11-14,16-18,21-23,27H2,(H2,41,43)(H2,42,44). The summed E-state index contributed by atoms with van der Waals surface area (Å²) in [5.74, 6) is 1.37. The first kappa shape index (κ1) is 34.0. The van der Waals surface area contributed by atoms with Gasteiger partial charge in [-0.3, -0.25) is 9.80 Å². The van der Waals surface area contributed by atoms with Gasteiger partial charge in [-0.2, -0.15) is 0 Å². The van der Waals surface area contributed by atoms with Crippen molar-refractivity contribution >= 4 is 44.9 Å². The maximum Gasteiger partial charge on any atom is 0.168 e. The molecule has 2 fully saturated rings. The van der Waals surface area contributed by atoms with Crippen LogP contribution in [0.25, 0.3) is 21.8 Å². The summed E-state index contributed by atoms with van der Waals surface area (Å²) in [5.41, 5.74) is 18.4. The van der Waals surface area contributed by atoms with E-state index in [1.54, 1.807) is 18.8 Å². The highest BCUT2D eigenvalue weighted by molar-refractivity contribution is 5.99. The molecule has 6 heterocycles. The van der Waals surface area contributed by atoms with E-state index in [1.807, 2.05) is 30.3 Å². The normalized spacial score (nSPS) is 18.2. The number of aliphatic imine (C=N–C) groups is 2. The summed E-state index contributed by atoms with van der Waals surface area (Å²) in [5, 5.41) is 2.38. The van der Waals surface area contributed by atoms with Crippen molar-refractivity contribution in [3.8, 4) is 0 Å². The summed E-state index contributed by atoms with van der Waals surface area (Å²) < 4.78 is 27.3. The Morgan fingerprint density at radius 2 is 1.52 bits per heavy atom. The van der Waals surface area contributed by atoms with Gasteiger partial charge in [0.1, 0.15) is 12.1 Å². The van der Waals surface area contributed by atoms with Gasteiger partial charge in [0.05, 0.1) is 66.4 Å². The first-order chi connectivity index (χ1) is 25.6. The van der Waals surface area contributed by atoms with Crippen LogP contribution in [0.15, 0.2) is 111 Å². The van der Waals surface area contributed by atoms with Crippen LogP contribution in [0, 0.1) is 0 Å². The third kappa shape index (κ3) is 7.70. The Morgan fingerprint density at radius 3 is 2.33 bits per heavy atom. The molecule has 8 rings (SSSR count). The molecule has 52 heavy (non-hydrogen) atoms. The maximum absolute atomic E-state index is 6.47. The summed E-state index contributed by atoms with van der Waals surface area (Å²) in [6.45, 7) is 9.90. The average Bonchev–Trinajstić information content (AvgIpc) is 4.00. The number of hydrogen-bond donors (Lipinski definition) is 2. The second kappa shape index (κ2) is 15.6. The number of aryl methyl sites for hydroxylation is 2. The number of furan rings is 2. The first-order valence-corrected chi connectivity index (χ1v) is 18.2. The first-order valence-electron chi connectivity index (χ1n) is 18.2. The number of hydrogen-bond acceptors (Lipinski definition) is 8. The van der Waals surface area contributed by atoms with Gasteiger partial charge in [0.15, 0.2) is 11.6 Å². The van der Waals surface area contributed by atoms with Gasteiger partial charge in [0, 0.05) is 75.7 Å². The number of aromatic nitrogens is 2. The molecular weight excluding hydrogens is 656 g/mol. The van der Waals surface area contributed by atoms with Crippen LogP contribution in [0.2, 0.25) is 0 Å². The summed E-state index contributed by atoms with van der Waals surface area (Å²) >= 11 is 0. The Labute approximate surface area is 302 Å². The number of rotatable bonds is 13. The fourth-order valence-electron chi connectivity index (χ4n) is 7.34. The molecular formula is C40H46N8O4. The topological polar surface area (TPSA) is 138 Å². The van der Waals surface area contributed by atoms with Gasteiger partial charge in [-0.15, -0.1) is 0 Å². The highest BCUT2D eigenvalue weighted by atomic mass is 16.5. The maximum atomic E-state index is 6.47. The zero-order chi connectivity index (χ0) is 35.3. The molecule has 0 bridgehead atoms. The van der Waals surface area contributed by atoms with Crippen molar-refractivity contribution in [3.05, 3.63) is 109 Å². The van der Waals surface area contributed by atoms with E-state index in [0.29, 0.717) is 24.0 Å². The zero-order valence-corrected chi connectivity index (χ0v) is 29.4. The Hall–Kier alpha value is -5.14. The van der Waals surface area contributed by atoms with Gasteiger partial charge in [0.25, 0.3) is 0 Å². The molecule has 0 aliphatic carbocycles. The van der Waals surface area contributed by atoms with Gasteiger partial charge in [-0.1, -0.05) is 12.1 Å². The lowest BCUT2D eigenvalue weighted by Crippen LogP contribution is -2.39. The second-order valence-corrected chi connectivity index (χ2v) is 13.5. The lowest BCUT2D eigenvalue weighted by Gasteiger charge is -2.33. The van der Waals surface area contributed by atoms with Crippen LogP contribution >= 0.6 is 0 Å². The quantitative estimate of drug-likeness (QED) is 0.110. The molecule has 1 atom stereocenters. The minimum atomic E-state index is -0.0189. The number of ether oxygens (including phenoxy) is 2. The monoisotopic (exact) mass is 702 g/mol. The third-order valence-electron chi connectivity index (χ3n) is 10.1. The SMILES string of the molecule is NC(=Nc1ccc2c(C3CN(CCCn4ccc5ccc(N=C(N)c6ccco6)cc54)CCO3)cn(CCCN3CCOCC3)c2c1)c1ccoc1. The van der Waals surface area contributed by atoms with Crippen LogP contribution in [0.1, 0.15) is 35.8 Å². The molecule has 12 heteroatoms. The minimum absolute atomic E-state index is 0.0189. The lowest BCUT2D eigenvalue weighted by atomic mass is 10.1. The molecule has 0 saturated carbocycles. The van der Waals surface area contributed by atoms with Gasteiger partial charge in [-0.05, 0) is 66.8 Å². The lowest BCUT2D eigenvalue weighted by molar-refractivity contribution is -0.0298. The van der Waals surface area contributed by atoms with Crippen molar-refractivity contribution < 1.29 is 18.3 Å². The summed E-state index contributed by atoms with van der Waals surface area (Å²) in [7, 11) is 0. The Balaban J connectivity index is 0.957. The van der Waals surface area contributed by atoms with E-state index >= 15 is 0 Å². The van der Waals surface area contributed by atoms with Crippen LogP contribution < -0.4 is 11.5 Å². The smallest absolute Gasteiger partial charge is 0.168 e. The molecule has 270 valence electrons. The van der Waals surface area contributed by atoms with Crippen molar-refractivity contribution in [2.75, 3.05) is 59.1 Å². The van der Waals surface area contributed by atoms with E-state index in [1.165, 1.54) is 16.3 Å². The van der Waals surface area contributed by atoms with Crippen LogP contribution in [0.3, 0.4) is 0 Å². The van der Waals surface area contributed by atoms with E-state index in [9.17, 15) is 0 Å². The summed E-state index contributed by atoms with van der Waals surface area (Å²) in [4.78, 5) is 14.3. The zero-order valence-electron chi connectivity index (χ0n) is 29.4. The van der Waals surface area contributed by atoms with Gasteiger partial charge < -0.3 is 38.9 Å². The number of benzene rings is 2. The molecule has 2 aromatic carbocycles. The highest BCUT2D eigenvalue weighted by Crippen LogP contribution is 2.34. The third-order valence-corrected chi connectivity index (χ3v) is 10.1. The van der Waals surface area contributed by atoms with E-state index in [2.05, 4.69) is 66.7 Å². The average molecular weight is 703 g/mol. The fraction of sp³-hybridized carbons (Fsp3) is 0.350. The van der Waals surface area contributed by atoms with Crippen LogP contribution in [-0.2, 0) is 22.6 Å². The molecule has 4 aromatic heterocycles. The number of nitrogens with two attached hydrogens (primary N) is 2. The van der Waals surface area contributed by atoms with Crippen molar-refractivity contribution in [3.63, 3.8) is 0 Å².